The van der Waals surface area contributed by atoms with Crippen molar-refractivity contribution < 1.29 is 9.59 Å². The smallest absolute Gasteiger partial charge is 0.256 e. The fraction of sp³-hybridized carbons (Fsp3) is 0.296. The minimum Gasteiger partial charge on any atom is -0.382 e. The van der Waals surface area contributed by atoms with E-state index in [1.165, 1.54) is 0 Å². The minimum absolute atomic E-state index is 0.103. The molecule has 1 fully saturated rings. The first-order valence-corrected chi connectivity index (χ1v) is 12.3. The molecule has 1 aliphatic heterocycles. The Kier molecular flexibility index (Phi) is 6.62. The molecule has 0 saturated carbocycles. The van der Waals surface area contributed by atoms with E-state index in [0.29, 0.717) is 35.9 Å². The number of hydrogen-bond acceptors (Lipinski definition) is 6. The SMILES string of the molecule is CCCC(=O)N1CCCC(c2nc(-c3ccc(C(=O)Nc4ccccn4)cc3)c3c(N)nccn23)C1. The van der Waals surface area contributed by atoms with Crippen molar-refractivity contribution in [2.24, 2.45) is 0 Å². The van der Waals surface area contributed by atoms with Gasteiger partial charge in [0, 0.05) is 55.1 Å². The molecule has 184 valence electrons. The topological polar surface area (TPSA) is 119 Å². The molecule has 4 aromatic rings. The zero-order valence-electron chi connectivity index (χ0n) is 20.2. The number of rotatable bonds is 6. The van der Waals surface area contributed by atoms with Crippen molar-refractivity contribution >= 4 is 29.0 Å². The van der Waals surface area contributed by atoms with E-state index < -0.39 is 0 Å². The molecule has 9 nitrogen and oxygen atoms in total. The Morgan fingerprint density at radius 3 is 2.69 bits per heavy atom. The second-order valence-electron chi connectivity index (χ2n) is 9.03. The van der Waals surface area contributed by atoms with Crippen molar-refractivity contribution in [1.29, 1.82) is 0 Å². The van der Waals surface area contributed by atoms with Gasteiger partial charge in [0.15, 0.2) is 0 Å². The van der Waals surface area contributed by atoms with Crippen molar-refractivity contribution in [2.75, 3.05) is 24.1 Å². The molecule has 1 aliphatic rings. The highest BCUT2D eigenvalue weighted by Crippen LogP contribution is 2.34. The zero-order chi connectivity index (χ0) is 25.1. The van der Waals surface area contributed by atoms with Crippen LogP contribution >= 0.6 is 0 Å². The summed E-state index contributed by atoms with van der Waals surface area (Å²) in [5.74, 6) is 1.82. The number of amides is 2. The van der Waals surface area contributed by atoms with Gasteiger partial charge in [0.25, 0.3) is 5.91 Å². The van der Waals surface area contributed by atoms with E-state index in [0.717, 1.165) is 42.7 Å². The number of nitrogens with one attached hydrogen (secondary N) is 1. The Hall–Kier alpha value is -4.27. The Labute approximate surface area is 209 Å². The molecular weight excluding hydrogens is 454 g/mol. The van der Waals surface area contributed by atoms with Crippen LogP contribution in [0, 0.1) is 0 Å². The molecular formula is C27H29N7O2. The number of fused-ring (bicyclic) bond motifs is 1. The number of pyridine rings is 1. The van der Waals surface area contributed by atoms with Gasteiger partial charge in [0.2, 0.25) is 5.91 Å². The third-order valence-electron chi connectivity index (χ3n) is 6.54. The van der Waals surface area contributed by atoms with Crippen LogP contribution in [0.4, 0.5) is 11.6 Å². The van der Waals surface area contributed by atoms with E-state index >= 15 is 0 Å². The Bertz CT molecular complexity index is 1380. The Balaban J connectivity index is 1.45. The van der Waals surface area contributed by atoms with E-state index in [4.69, 9.17) is 10.7 Å². The predicted octanol–water partition coefficient (Wildman–Crippen LogP) is 4.13. The summed E-state index contributed by atoms with van der Waals surface area (Å²) in [4.78, 5) is 40.6. The number of benzene rings is 1. The predicted molar refractivity (Wildman–Crippen MR) is 138 cm³/mol. The van der Waals surface area contributed by atoms with Gasteiger partial charge >= 0.3 is 0 Å². The number of carbonyl (C=O) groups is 2. The summed E-state index contributed by atoms with van der Waals surface area (Å²) in [6, 6.07) is 12.6. The van der Waals surface area contributed by atoms with Crippen molar-refractivity contribution in [3.63, 3.8) is 0 Å². The van der Waals surface area contributed by atoms with Crippen LogP contribution in [0.3, 0.4) is 0 Å². The largest absolute Gasteiger partial charge is 0.382 e. The van der Waals surface area contributed by atoms with Crippen LogP contribution in [0.1, 0.15) is 54.7 Å². The Morgan fingerprint density at radius 2 is 1.94 bits per heavy atom. The van der Waals surface area contributed by atoms with E-state index in [1.54, 1.807) is 36.7 Å². The molecule has 0 bridgehead atoms. The van der Waals surface area contributed by atoms with Crippen LogP contribution < -0.4 is 11.1 Å². The molecule has 4 heterocycles. The number of aromatic nitrogens is 4. The number of piperidine rings is 1. The number of nitrogen functional groups attached to an aromatic ring is 1. The first kappa shape index (κ1) is 23.5. The lowest BCUT2D eigenvalue weighted by Gasteiger charge is -2.32. The van der Waals surface area contributed by atoms with Gasteiger partial charge in [0.05, 0.1) is 0 Å². The quantitative estimate of drug-likeness (QED) is 0.426. The van der Waals surface area contributed by atoms with E-state index in [-0.39, 0.29) is 17.7 Å². The lowest BCUT2D eigenvalue weighted by Crippen LogP contribution is -2.39. The van der Waals surface area contributed by atoms with Gasteiger partial charge in [-0.3, -0.25) is 14.0 Å². The lowest BCUT2D eigenvalue weighted by molar-refractivity contribution is -0.132. The van der Waals surface area contributed by atoms with Crippen LogP contribution in [0.2, 0.25) is 0 Å². The van der Waals surface area contributed by atoms with Crippen LogP contribution in [0.25, 0.3) is 16.8 Å². The first-order chi connectivity index (χ1) is 17.5. The lowest BCUT2D eigenvalue weighted by atomic mass is 9.97. The van der Waals surface area contributed by atoms with Crippen molar-refractivity contribution in [1.82, 2.24) is 24.3 Å². The summed E-state index contributed by atoms with van der Waals surface area (Å²) in [6.45, 7) is 3.46. The number of imidazole rings is 1. The molecule has 5 rings (SSSR count). The number of anilines is 2. The fourth-order valence-corrected chi connectivity index (χ4v) is 4.77. The number of likely N-dealkylation sites (tertiary alicyclic amines) is 1. The number of hydrogen-bond donors (Lipinski definition) is 2. The van der Waals surface area contributed by atoms with Crippen molar-refractivity contribution in [3.05, 3.63) is 72.4 Å². The first-order valence-electron chi connectivity index (χ1n) is 12.3. The fourth-order valence-electron chi connectivity index (χ4n) is 4.77. The molecule has 0 spiro atoms. The van der Waals surface area contributed by atoms with E-state index in [9.17, 15) is 9.59 Å². The van der Waals surface area contributed by atoms with Gasteiger partial charge in [-0.2, -0.15) is 0 Å². The second-order valence-corrected chi connectivity index (χ2v) is 9.03. The average Bonchev–Trinajstić information content (AvgIpc) is 3.31. The molecule has 1 aromatic carbocycles. The molecule has 3 aromatic heterocycles. The summed E-state index contributed by atoms with van der Waals surface area (Å²) >= 11 is 0. The molecule has 0 radical (unpaired) electrons. The van der Waals surface area contributed by atoms with E-state index in [2.05, 4.69) is 15.3 Å². The highest BCUT2D eigenvalue weighted by atomic mass is 16.2. The van der Waals surface area contributed by atoms with E-state index in [1.807, 2.05) is 40.6 Å². The molecule has 9 heteroatoms. The maximum Gasteiger partial charge on any atom is 0.256 e. The van der Waals surface area contributed by atoms with Gasteiger partial charge in [-0.1, -0.05) is 25.1 Å². The number of nitrogens with zero attached hydrogens (tertiary/aromatic N) is 5. The Morgan fingerprint density at radius 1 is 1.11 bits per heavy atom. The molecule has 3 N–H and O–H groups in total. The highest BCUT2D eigenvalue weighted by Gasteiger charge is 2.29. The maximum atomic E-state index is 12.6. The molecule has 1 unspecified atom stereocenters. The van der Waals surface area contributed by atoms with Crippen molar-refractivity contribution in [2.45, 2.75) is 38.5 Å². The summed E-state index contributed by atoms with van der Waals surface area (Å²) in [5, 5.41) is 2.79. The molecule has 2 amide bonds. The molecule has 1 atom stereocenters. The summed E-state index contributed by atoms with van der Waals surface area (Å²) in [5.41, 5.74) is 9.10. The normalized spacial score (nSPS) is 15.7. The van der Waals surface area contributed by atoms with Gasteiger partial charge in [0.1, 0.15) is 28.7 Å². The number of carbonyl (C=O) groups excluding carboxylic acids is 2. The third-order valence-corrected chi connectivity index (χ3v) is 6.54. The van der Waals surface area contributed by atoms with Gasteiger partial charge < -0.3 is 16.0 Å². The molecule has 0 aliphatic carbocycles. The average molecular weight is 484 g/mol. The molecule has 36 heavy (non-hydrogen) atoms. The van der Waals surface area contributed by atoms with Crippen LogP contribution in [-0.4, -0.2) is 49.2 Å². The maximum absolute atomic E-state index is 12.6. The second kappa shape index (κ2) is 10.2. The highest BCUT2D eigenvalue weighted by molar-refractivity contribution is 6.04. The third kappa shape index (κ3) is 4.64. The minimum atomic E-state index is -0.240. The van der Waals surface area contributed by atoms with Crippen molar-refractivity contribution in [3.8, 4) is 11.3 Å². The summed E-state index contributed by atoms with van der Waals surface area (Å²) < 4.78 is 2.00. The van der Waals surface area contributed by atoms with Crippen LogP contribution in [0.5, 0.6) is 0 Å². The van der Waals surface area contributed by atoms with Gasteiger partial charge in [-0.25, -0.2) is 15.0 Å². The number of nitrogens with two attached hydrogens (primary N) is 1. The molecule has 1 saturated heterocycles. The summed E-state index contributed by atoms with van der Waals surface area (Å²) in [7, 11) is 0. The summed E-state index contributed by atoms with van der Waals surface area (Å²) in [6.07, 6.45) is 8.47. The van der Waals surface area contributed by atoms with Gasteiger partial charge in [-0.15, -0.1) is 0 Å². The van der Waals surface area contributed by atoms with Crippen LogP contribution in [0.15, 0.2) is 61.1 Å². The monoisotopic (exact) mass is 483 g/mol. The standard InChI is InChI=1S/C27H29N7O2/c1-2-6-22(35)33-15-5-7-20(17-33)26-32-23(24-25(28)30-14-16-34(24)26)18-9-11-19(12-10-18)27(36)31-21-8-3-4-13-29-21/h3-4,8-14,16,20H,2,5-7,15,17H2,1H3,(H2,28,30)(H,29,31,36). The van der Waals surface area contributed by atoms with Crippen LogP contribution in [-0.2, 0) is 4.79 Å². The van der Waals surface area contributed by atoms with Gasteiger partial charge in [-0.05, 0) is 43.5 Å². The zero-order valence-corrected chi connectivity index (χ0v) is 20.2.